The molecule has 0 spiro atoms. The zero-order valence-electron chi connectivity index (χ0n) is 11.9. The number of carbonyl (C=O) groups excluding carboxylic acids is 3. The maximum atomic E-state index is 12.5. The van der Waals surface area contributed by atoms with Crippen LogP contribution in [-0.2, 0) is 14.3 Å². The number of amides is 2. The second-order valence-corrected chi connectivity index (χ2v) is 5.39. The summed E-state index contributed by atoms with van der Waals surface area (Å²) in [4.78, 5) is 36.3. The van der Waals surface area contributed by atoms with E-state index in [4.69, 9.17) is 0 Å². The van der Waals surface area contributed by atoms with Crippen LogP contribution < -0.4 is 5.32 Å². The molecule has 1 N–H and O–H groups in total. The van der Waals surface area contributed by atoms with E-state index in [1.54, 1.807) is 4.90 Å². The number of hydrogen-bond donors (Lipinski definition) is 1. The predicted octanol–water partition coefficient (Wildman–Crippen LogP) is 0.803. The van der Waals surface area contributed by atoms with Gasteiger partial charge in [0.15, 0.2) is 0 Å². The molecule has 19 heavy (non-hydrogen) atoms. The molecule has 1 fully saturated rings. The Morgan fingerprint density at radius 2 is 2.05 bits per heavy atom. The van der Waals surface area contributed by atoms with Crippen molar-refractivity contribution < 1.29 is 19.1 Å². The third-order valence-corrected chi connectivity index (χ3v) is 3.38. The number of nitrogens with zero attached hydrogens (tertiary/aromatic N) is 1. The number of rotatable bonds is 4. The molecule has 3 atom stereocenters. The molecule has 1 rings (SSSR count). The molecule has 108 valence electrons. The lowest BCUT2D eigenvalue weighted by molar-refractivity contribution is -0.137. The van der Waals surface area contributed by atoms with Crippen molar-refractivity contribution in [2.75, 3.05) is 13.7 Å². The highest BCUT2D eigenvalue weighted by Crippen LogP contribution is 2.23. The highest BCUT2D eigenvalue weighted by molar-refractivity contribution is 5.88. The van der Waals surface area contributed by atoms with E-state index in [1.807, 2.05) is 20.8 Å². The highest BCUT2D eigenvalue weighted by Gasteiger charge is 2.37. The first kappa shape index (κ1) is 15.5. The first-order valence-corrected chi connectivity index (χ1v) is 6.51. The fourth-order valence-electron chi connectivity index (χ4n) is 2.35. The normalized spacial score (nSPS) is 24.2. The van der Waals surface area contributed by atoms with Gasteiger partial charge in [0.25, 0.3) is 0 Å². The van der Waals surface area contributed by atoms with Gasteiger partial charge in [0.2, 0.25) is 5.91 Å². The highest BCUT2D eigenvalue weighted by atomic mass is 16.5. The topological polar surface area (TPSA) is 75.7 Å². The van der Waals surface area contributed by atoms with Crippen molar-refractivity contribution in [3.63, 3.8) is 0 Å². The number of nitrogens with one attached hydrogen (secondary N) is 1. The van der Waals surface area contributed by atoms with Crippen molar-refractivity contribution in [2.24, 2.45) is 11.8 Å². The maximum Gasteiger partial charge on any atom is 0.407 e. The Hall–Kier alpha value is -1.59. The smallest absolute Gasteiger partial charge is 0.407 e. The Morgan fingerprint density at radius 3 is 2.53 bits per heavy atom. The number of likely N-dealkylation sites (tertiary alicyclic amines) is 1. The molecule has 1 unspecified atom stereocenters. The summed E-state index contributed by atoms with van der Waals surface area (Å²) in [6.07, 6.45) is 0.844. The van der Waals surface area contributed by atoms with Crippen LogP contribution in [0.1, 0.15) is 27.2 Å². The van der Waals surface area contributed by atoms with Crippen molar-refractivity contribution >= 4 is 18.3 Å². The van der Waals surface area contributed by atoms with Gasteiger partial charge in [-0.05, 0) is 18.3 Å². The fourth-order valence-corrected chi connectivity index (χ4v) is 2.35. The van der Waals surface area contributed by atoms with Gasteiger partial charge >= 0.3 is 6.09 Å². The third-order valence-electron chi connectivity index (χ3n) is 3.38. The molecule has 6 nitrogen and oxygen atoms in total. The fraction of sp³-hybridized carbons (Fsp3) is 0.769. The zero-order valence-corrected chi connectivity index (χ0v) is 11.9. The molecule has 0 saturated carbocycles. The van der Waals surface area contributed by atoms with Crippen LogP contribution in [0.25, 0.3) is 0 Å². The summed E-state index contributed by atoms with van der Waals surface area (Å²) in [7, 11) is 1.25. The average molecular weight is 270 g/mol. The van der Waals surface area contributed by atoms with Gasteiger partial charge in [-0.25, -0.2) is 4.79 Å². The Balaban J connectivity index is 2.81. The minimum Gasteiger partial charge on any atom is -0.453 e. The maximum absolute atomic E-state index is 12.5. The van der Waals surface area contributed by atoms with Gasteiger partial charge in [-0.2, -0.15) is 0 Å². The summed E-state index contributed by atoms with van der Waals surface area (Å²) < 4.78 is 4.53. The van der Waals surface area contributed by atoms with Crippen LogP contribution in [0.5, 0.6) is 0 Å². The Morgan fingerprint density at radius 1 is 1.42 bits per heavy atom. The van der Waals surface area contributed by atoms with Gasteiger partial charge in [0, 0.05) is 6.54 Å². The monoisotopic (exact) mass is 270 g/mol. The number of alkyl carbamates (subject to hydrolysis) is 1. The van der Waals surface area contributed by atoms with E-state index >= 15 is 0 Å². The summed E-state index contributed by atoms with van der Waals surface area (Å²) in [5.41, 5.74) is 0. The number of carbonyl (C=O) groups is 3. The van der Waals surface area contributed by atoms with Crippen LogP contribution in [-0.4, -0.2) is 48.9 Å². The summed E-state index contributed by atoms with van der Waals surface area (Å²) in [6.45, 7) is 6.23. The molecule has 6 heteroatoms. The molecule has 0 aromatic carbocycles. The molecule has 1 saturated heterocycles. The Labute approximate surface area is 113 Å². The van der Waals surface area contributed by atoms with E-state index in [9.17, 15) is 14.4 Å². The molecular formula is C13H22N2O4. The molecular weight excluding hydrogens is 248 g/mol. The van der Waals surface area contributed by atoms with Crippen LogP contribution in [0, 0.1) is 11.8 Å². The molecule has 0 radical (unpaired) electrons. The van der Waals surface area contributed by atoms with E-state index in [-0.39, 0.29) is 17.9 Å². The van der Waals surface area contributed by atoms with Crippen molar-refractivity contribution in [2.45, 2.75) is 39.3 Å². The van der Waals surface area contributed by atoms with Crippen molar-refractivity contribution in [3.8, 4) is 0 Å². The van der Waals surface area contributed by atoms with Gasteiger partial charge in [0.1, 0.15) is 12.3 Å². The quantitative estimate of drug-likeness (QED) is 0.767. The summed E-state index contributed by atoms with van der Waals surface area (Å²) in [6, 6.07) is -1.05. The standard InChI is InChI=1S/C13H22N2O4/c1-8(2)11(14-13(18)19-4)12(17)15-6-9(3)5-10(15)7-16/h7-11H,5-6H2,1-4H3,(H,14,18)/t9?,10-,11-/m0/s1. The first-order valence-electron chi connectivity index (χ1n) is 6.51. The Bertz CT molecular complexity index is 357. The van der Waals surface area contributed by atoms with E-state index in [0.717, 1.165) is 6.29 Å². The van der Waals surface area contributed by atoms with Crippen molar-refractivity contribution in [3.05, 3.63) is 0 Å². The van der Waals surface area contributed by atoms with Crippen LogP contribution in [0.2, 0.25) is 0 Å². The predicted molar refractivity (Wildman–Crippen MR) is 69.5 cm³/mol. The van der Waals surface area contributed by atoms with Crippen molar-refractivity contribution in [1.82, 2.24) is 10.2 Å². The SMILES string of the molecule is COC(=O)N[C@H](C(=O)N1CC(C)C[C@H]1C=O)C(C)C. The Kier molecular flexibility index (Phi) is 5.32. The second kappa shape index (κ2) is 6.54. The summed E-state index contributed by atoms with van der Waals surface area (Å²) >= 11 is 0. The van der Waals surface area contributed by atoms with Gasteiger partial charge in [-0.1, -0.05) is 20.8 Å². The van der Waals surface area contributed by atoms with Crippen LogP contribution in [0.3, 0.4) is 0 Å². The van der Waals surface area contributed by atoms with Gasteiger partial charge in [-0.3, -0.25) is 4.79 Å². The molecule has 1 heterocycles. The number of methoxy groups -OCH3 is 1. The third kappa shape index (κ3) is 3.68. The molecule has 1 aliphatic rings. The summed E-state index contributed by atoms with van der Waals surface area (Å²) in [5, 5.41) is 2.53. The summed E-state index contributed by atoms with van der Waals surface area (Å²) in [5.74, 6) is 0.00162. The number of hydrogen-bond acceptors (Lipinski definition) is 4. The van der Waals surface area contributed by atoms with E-state index in [2.05, 4.69) is 10.1 Å². The molecule has 1 aliphatic heterocycles. The molecule has 0 aromatic rings. The van der Waals surface area contributed by atoms with Crippen LogP contribution in [0.4, 0.5) is 4.79 Å². The lowest BCUT2D eigenvalue weighted by Gasteiger charge is -2.28. The van der Waals surface area contributed by atoms with Gasteiger partial charge in [-0.15, -0.1) is 0 Å². The lowest BCUT2D eigenvalue weighted by Crippen LogP contribution is -2.52. The lowest BCUT2D eigenvalue weighted by atomic mass is 10.0. The van der Waals surface area contributed by atoms with Gasteiger partial charge < -0.3 is 19.7 Å². The van der Waals surface area contributed by atoms with E-state index < -0.39 is 12.1 Å². The molecule has 0 bridgehead atoms. The van der Waals surface area contributed by atoms with Crippen LogP contribution >= 0.6 is 0 Å². The van der Waals surface area contributed by atoms with Crippen molar-refractivity contribution in [1.29, 1.82) is 0 Å². The van der Waals surface area contributed by atoms with E-state index in [0.29, 0.717) is 18.9 Å². The molecule has 0 aromatic heterocycles. The zero-order chi connectivity index (χ0) is 14.6. The number of ether oxygens (including phenoxy) is 1. The van der Waals surface area contributed by atoms with Gasteiger partial charge in [0.05, 0.1) is 13.2 Å². The minimum absolute atomic E-state index is 0.0743. The first-order chi connectivity index (χ1) is 8.90. The second-order valence-electron chi connectivity index (χ2n) is 5.39. The minimum atomic E-state index is -0.666. The number of aldehydes is 1. The largest absolute Gasteiger partial charge is 0.453 e. The molecule has 0 aliphatic carbocycles. The average Bonchev–Trinajstić information content (AvgIpc) is 2.75. The molecule has 2 amide bonds. The van der Waals surface area contributed by atoms with Crippen LogP contribution in [0.15, 0.2) is 0 Å². The van der Waals surface area contributed by atoms with E-state index in [1.165, 1.54) is 7.11 Å².